The van der Waals surface area contributed by atoms with Crippen molar-refractivity contribution < 1.29 is 23.1 Å². The van der Waals surface area contributed by atoms with Gasteiger partial charge >= 0.3 is 5.97 Å². The Morgan fingerprint density at radius 1 is 0.867 bits per heavy atom. The molecule has 0 aliphatic carbocycles. The second-order valence-corrected chi connectivity index (χ2v) is 8.20. The van der Waals surface area contributed by atoms with Gasteiger partial charge in [-0.05, 0) is 42.3 Å². The van der Waals surface area contributed by atoms with E-state index in [-0.39, 0.29) is 34.2 Å². The van der Waals surface area contributed by atoms with Crippen LogP contribution >= 0.6 is 0 Å². The van der Waals surface area contributed by atoms with Gasteiger partial charge in [0.15, 0.2) is 0 Å². The first kappa shape index (κ1) is 21.1. The van der Waals surface area contributed by atoms with Crippen LogP contribution in [0.3, 0.4) is 0 Å². The first-order valence-corrected chi connectivity index (χ1v) is 10.6. The summed E-state index contributed by atoms with van der Waals surface area (Å²) in [6.07, 6.45) is 0.780. The van der Waals surface area contributed by atoms with Crippen molar-refractivity contribution in [1.82, 2.24) is 0 Å². The van der Waals surface area contributed by atoms with Gasteiger partial charge in [-0.25, -0.2) is 13.2 Å². The molecular formula is C22H20N2O5S. The number of carbonyl (C=O) groups excluding carboxylic acids is 1. The number of hydrogen-bond acceptors (Lipinski definition) is 4. The topological polar surface area (TPSA) is 113 Å². The van der Waals surface area contributed by atoms with E-state index in [0.717, 1.165) is 5.56 Å². The monoisotopic (exact) mass is 424 g/mol. The Hall–Kier alpha value is -3.65. The summed E-state index contributed by atoms with van der Waals surface area (Å²) in [7, 11) is -3.95. The van der Waals surface area contributed by atoms with E-state index in [4.69, 9.17) is 0 Å². The van der Waals surface area contributed by atoms with E-state index in [0.29, 0.717) is 6.42 Å². The molecule has 7 nitrogen and oxygen atoms in total. The Labute approximate surface area is 174 Å². The Morgan fingerprint density at radius 2 is 1.50 bits per heavy atom. The number of amides is 1. The average Bonchev–Trinajstić information content (AvgIpc) is 2.74. The summed E-state index contributed by atoms with van der Waals surface area (Å²) in [6.45, 7) is 0. The van der Waals surface area contributed by atoms with Gasteiger partial charge in [0.25, 0.3) is 10.0 Å². The largest absolute Gasteiger partial charge is 0.478 e. The summed E-state index contributed by atoms with van der Waals surface area (Å²) < 4.78 is 27.3. The molecule has 0 unspecified atom stereocenters. The number of hydrogen-bond donors (Lipinski definition) is 3. The minimum Gasteiger partial charge on any atom is -0.478 e. The van der Waals surface area contributed by atoms with Gasteiger partial charge in [-0.2, -0.15) is 0 Å². The van der Waals surface area contributed by atoms with Crippen LogP contribution in [0.2, 0.25) is 0 Å². The van der Waals surface area contributed by atoms with Crippen LogP contribution in [0.25, 0.3) is 0 Å². The minimum atomic E-state index is -3.95. The van der Waals surface area contributed by atoms with E-state index in [2.05, 4.69) is 10.0 Å². The molecule has 3 rings (SSSR count). The highest BCUT2D eigenvalue weighted by atomic mass is 32.2. The predicted octanol–water partition coefficient (Wildman–Crippen LogP) is 3.76. The van der Waals surface area contributed by atoms with Crippen LogP contribution in [0.1, 0.15) is 22.3 Å². The van der Waals surface area contributed by atoms with E-state index in [1.54, 1.807) is 18.2 Å². The Morgan fingerprint density at radius 3 is 2.13 bits per heavy atom. The lowest BCUT2D eigenvalue weighted by molar-refractivity contribution is -0.116. The van der Waals surface area contributed by atoms with Crippen molar-refractivity contribution in [3.63, 3.8) is 0 Å². The summed E-state index contributed by atoms with van der Waals surface area (Å²) in [5.74, 6) is -1.59. The van der Waals surface area contributed by atoms with Crippen molar-refractivity contribution in [1.29, 1.82) is 0 Å². The van der Waals surface area contributed by atoms with Crippen LogP contribution in [0, 0.1) is 0 Å². The summed E-state index contributed by atoms with van der Waals surface area (Å²) in [4.78, 5) is 23.9. The second kappa shape index (κ2) is 9.23. The van der Waals surface area contributed by atoms with Crippen molar-refractivity contribution in [3.05, 3.63) is 90.0 Å². The number of carboxylic acids is 1. The highest BCUT2D eigenvalue weighted by Gasteiger charge is 2.19. The van der Waals surface area contributed by atoms with Crippen LogP contribution in [0.4, 0.5) is 11.4 Å². The zero-order valence-corrected chi connectivity index (χ0v) is 16.7. The molecule has 0 saturated heterocycles. The van der Waals surface area contributed by atoms with E-state index in [1.807, 2.05) is 30.3 Å². The quantitative estimate of drug-likeness (QED) is 0.510. The predicted molar refractivity (Wildman–Crippen MR) is 114 cm³/mol. The van der Waals surface area contributed by atoms with Crippen molar-refractivity contribution >= 4 is 33.3 Å². The Kier molecular flexibility index (Phi) is 6.48. The molecule has 1 amide bonds. The van der Waals surface area contributed by atoms with Crippen LogP contribution in [0.5, 0.6) is 0 Å². The SMILES string of the molecule is O=C(CCc1ccccc1)Nc1ccc(NS(=O)(=O)c2ccccc2)c(C(=O)O)c1. The van der Waals surface area contributed by atoms with Gasteiger partial charge in [0, 0.05) is 12.1 Å². The number of carboxylic acid groups (broad SMARTS) is 1. The molecule has 30 heavy (non-hydrogen) atoms. The highest BCUT2D eigenvalue weighted by Crippen LogP contribution is 2.24. The molecule has 0 aliphatic rings. The fourth-order valence-corrected chi connectivity index (χ4v) is 3.92. The molecule has 0 heterocycles. The molecule has 0 fully saturated rings. The number of aromatic carboxylic acids is 1. The van der Waals surface area contributed by atoms with E-state index < -0.39 is 16.0 Å². The molecule has 3 aromatic rings. The first-order valence-electron chi connectivity index (χ1n) is 9.14. The number of sulfonamides is 1. The molecule has 0 atom stereocenters. The lowest BCUT2D eigenvalue weighted by atomic mass is 10.1. The fraction of sp³-hybridized carbons (Fsp3) is 0.0909. The van der Waals surface area contributed by atoms with E-state index in [9.17, 15) is 23.1 Å². The smallest absolute Gasteiger partial charge is 0.337 e. The third kappa shape index (κ3) is 5.45. The molecular weight excluding hydrogens is 404 g/mol. The van der Waals surface area contributed by atoms with Crippen molar-refractivity contribution in [2.24, 2.45) is 0 Å². The zero-order chi connectivity index (χ0) is 21.6. The number of benzene rings is 3. The fourth-order valence-electron chi connectivity index (χ4n) is 2.82. The second-order valence-electron chi connectivity index (χ2n) is 6.52. The normalized spacial score (nSPS) is 10.9. The van der Waals surface area contributed by atoms with Crippen molar-refractivity contribution in [2.45, 2.75) is 17.7 Å². The number of nitrogens with one attached hydrogen (secondary N) is 2. The van der Waals surface area contributed by atoms with E-state index in [1.165, 1.54) is 30.3 Å². The zero-order valence-electron chi connectivity index (χ0n) is 15.9. The number of rotatable bonds is 8. The maximum atomic E-state index is 12.5. The highest BCUT2D eigenvalue weighted by molar-refractivity contribution is 7.92. The number of aryl methyl sites for hydroxylation is 1. The summed E-state index contributed by atoms with van der Waals surface area (Å²) >= 11 is 0. The van der Waals surface area contributed by atoms with Crippen LogP contribution in [0.15, 0.2) is 83.8 Å². The molecule has 0 aromatic heterocycles. The Balaban J connectivity index is 1.73. The molecule has 3 aromatic carbocycles. The minimum absolute atomic E-state index is 0.0135. The maximum Gasteiger partial charge on any atom is 0.337 e. The van der Waals surface area contributed by atoms with Crippen molar-refractivity contribution in [2.75, 3.05) is 10.0 Å². The first-order chi connectivity index (χ1) is 14.3. The molecule has 0 bridgehead atoms. The third-order valence-electron chi connectivity index (χ3n) is 4.32. The Bertz CT molecular complexity index is 1150. The standard InChI is InChI=1S/C22H20N2O5S/c25-21(14-11-16-7-3-1-4-8-16)23-17-12-13-20(19(15-17)22(26)27)24-30(28,29)18-9-5-2-6-10-18/h1-10,12-13,15,24H,11,14H2,(H,23,25)(H,26,27). The molecule has 0 saturated carbocycles. The van der Waals surface area contributed by atoms with Gasteiger partial charge in [0.05, 0.1) is 16.1 Å². The van der Waals surface area contributed by atoms with Crippen LogP contribution in [-0.4, -0.2) is 25.4 Å². The number of carbonyl (C=O) groups is 2. The average molecular weight is 424 g/mol. The van der Waals surface area contributed by atoms with Gasteiger partial charge in [-0.1, -0.05) is 48.5 Å². The third-order valence-corrected chi connectivity index (χ3v) is 5.70. The summed E-state index contributed by atoms with van der Waals surface area (Å²) in [5, 5.41) is 12.1. The summed E-state index contributed by atoms with van der Waals surface area (Å²) in [6, 6.07) is 21.1. The van der Waals surface area contributed by atoms with Crippen molar-refractivity contribution in [3.8, 4) is 0 Å². The van der Waals surface area contributed by atoms with Gasteiger partial charge in [-0.15, -0.1) is 0 Å². The molecule has 154 valence electrons. The lowest BCUT2D eigenvalue weighted by Gasteiger charge is -2.13. The maximum absolute atomic E-state index is 12.5. The summed E-state index contributed by atoms with van der Waals surface area (Å²) in [5.41, 5.74) is 0.932. The van der Waals surface area contributed by atoms with Crippen LogP contribution < -0.4 is 10.0 Å². The molecule has 0 aliphatic heterocycles. The lowest BCUT2D eigenvalue weighted by Crippen LogP contribution is -2.17. The molecule has 0 spiro atoms. The number of anilines is 2. The molecule has 0 radical (unpaired) electrons. The van der Waals surface area contributed by atoms with Gasteiger partial charge in [0.1, 0.15) is 0 Å². The van der Waals surface area contributed by atoms with Gasteiger partial charge < -0.3 is 10.4 Å². The van der Waals surface area contributed by atoms with E-state index >= 15 is 0 Å². The molecule has 8 heteroatoms. The van der Waals surface area contributed by atoms with Gasteiger partial charge in [-0.3, -0.25) is 9.52 Å². The molecule has 3 N–H and O–H groups in total. The van der Waals surface area contributed by atoms with Gasteiger partial charge in [0.2, 0.25) is 5.91 Å². The van der Waals surface area contributed by atoms with Crippen LogP contribution in [-0.2, 0) is 21.2 Å².